The van der Waals surface area contributed by atoms with Crippen molar-refractivity contribution in [1.82, 2.24) is 19.5 Å². The summed E-state index contributed by atoms with van der Waals surface area (Å²) in [5.74, 6) is 1.72. The number of aryl methyl sites for hydroxylation is 4. The second-order valence-electron chi connectivity index (χ2n) is 19.1. The number of phenols is 2. The fourth-order valence-corrected chi connectivity index (χ4v) is 8.77. The molecule has 9 rings (SSSR count). The van der Waals surface area contributed by atoms with Crippen LogP contribution < -0.4 is 19.6 Å². The molecule has 0 atom stereocenters. The van der Waals surface area contributed by atoms with E-state index in [0.29, 0.717) is 22.8 Å². The Hall–Kier alpha value is -8.57. The van der Waals surface area contributed by atoms with Crippen molar-refractivity contribution in [2.24, 2.45) is 0 Å². The Morgan fingerprint density at radius 3 is 1.24 bits per heavy atom. The Labute approximate surface area is 423 Å². The molecule has 11 heteroatoms. The molecule has 7 aromatic carbocycles. The van der Waals surface area contributed by atoms with Gasteiger partial charge >= 0.3 is 0 Å². The molecule has 2 aromatic heterocycles. The van der Waals surface area contributed by atoms with Crippen LogP contribution in [0.3, 0.4) is 0 Å². The molecular weight excluding hydrogens is 893 g/mol. The lowest BCUT2D eigenvalue weighted by Gasteiger charge is -2.16. The highest BCUT2D eigenvalue weighted by Gasteiger charge is 2.27. The molecule has 0 saturated carbocycles. The van der Waals surface area contributed by atoms with Gasteiger partial charge in [-0.15, -0.1) is 0 Å². The second kappa shape index (κ2) is 20.8. The molecule has 0 radical (unpaired) electrons. The summed E-state index contributed by atoms with van der Waals surface area (Å²) in [5, 5.41) is 20.7. The van der Waals surface area contributed by atoms with Crippen LogP contribution in [0.4, 0.5) is 22.7 Å². The Morgan fingerprint density at radius 1 is 0.444 bits per heavy atom. The van der Waals surface area contributed by atoms with E-state index in [1.165, 1.54) is 0 Å². The summed E-state index contributed by atoms with van der Waals surface area (Å²) in [6, 6.07) is 50.3. The molecule has 9 aromatic rings. The van der Waals surface area contributed by atoms with E-state index in [2.05, 4.69) is 80.3 Å². The lowest BCUT2D eigenvalue weighted by atomic mass is 10.0. The standard InChI is InChI=1S/C34H34N4O2.C27H30N4O/c1-22-20-27(21-23(2)32(22)39)33-35-30(24-12-16-28(17-13-24)36(3)4)31(25-14-18-29(19-15-25)37(5)6)38(33)34(40)26-10-8-7-9-11-26;1-17-15-21(16-18(2)26(17)32)27-28-24(19-7-11-22(12-8-19)30(3)4)25(29-27)20-9-13-23(14-10-20)31(5)6/h7-21,39H,1-6H3;7-16,32H,1-6H3,(H,28,29). The summed E-state index contributed by atoms with van der Waals surface area (Å²) in [5.41, 5.74) is 17.1. The number of anilines is 4. The largest absolute Gasteiger partial charge is 0.507 e. The van der Waals surface area contributed by atoms with Crippen LogP contribution in [-0.2, 0) is 0 Å². The molecule has 72 heavy (non-hydrogen) atoms. The summed E-state index contributed by atoms with van der Waals surface area (Å²) in [6.45, 7) is 7.55. The van der Waals surface area contributed by atoms with Crippen LogP contribution >= 0.6 is 0 Å². The van der Waals surface area contributed by atoms with Gasteiger partial charge in [0.25, 0.3) is 5.91 Å². The molecule has 11 nitrogen and oxygen atoms in total. The minimum Gasteiger partial charge on any atom is -0.507 e. The maximum atomic E-state index is 14.3. The van der Waals surface area contributed by atoms with Crippen LogP contribution in [0.15, 0.2) is 152 Å². The predicted molar refractivity (Wildman–Crippen MR) is 299 cm³/mol. The van der Waals surface area contributed by atoms with Crippen molar-refractivity contribution in [3.05, 3.63) is 179 Å². The SMILES string of the molecule is Cc1cc(-c2nc(-c3ccc(N(C)C)cc3)c(-c3ccc(N(C)C)cc3)[nH]2)cc(C)c1O.Cc1cc(-c2nc(-c3ccc(N(C)C)cc3)c(-c3ccc(N(C)C)cc3)n2C(=O)c2ccccc2)cc(C)c1O. The zero-order valence-electron chi connectivity index (χ0n) is 43.4. The van der Waals surface area contributed by atoms with Crippen molar-refractivity contribution >= 4 is 28.7 Å². The normalized spacial score (nSPS) is 10.9. The van der Waals surface area contributed by atoms with Gasteiger partial charge in [0.05, 0.1) is 22.8 Å². The summed E-state index contributed by atoms with van der Waals surface area (Å²) >= 11 is 0. The number of benzene rings is 7. The molecule has 0 aliphatic rings. The zero-order chi connectivity index (χ0) is 51.5. The van der Waals surface area contributed by atoms with Crippen molar-refractivity contribution in [3.63, 3.8) is 0 Å². The molecular formula is C61H64N8O3. The molecule has 0 amide bonds. The van der Waals surface area contributed by atoms with Crippen molar-refractivity contribution in [3.8, 4) is 79.3 Å². The first-order chi connectivity index (χ1) is 34.4. The van der Waals surface area contributed by atoms with Gasteiger partial charge < -0.3 is 34.8 Å². The maximum absolute atomic E-state index is 14.3. The number of H-pyrrole nitrogens is 1. The molecule has 0 unspecified atom stereocenters. The fraction of sp³-hybridized carbons (Fsp3) is 0.197. The Balaban J connectivity index is 0.000000197. The van der Waals surface area contributed by atoms with E-state index in [1.54, 1.807) is 4.57 Å². The predicted octanol–water partition coefficient (Wildman–Crippen LogP) is 12.9. The molecule has 366 valence electrons. The maximum Gasteiger partial charge on any atom is 0.264 e. The third kappa shape index (κ3) is 10.3. The topological polar surface area (TPSA) is 117 Å². The molecule has 0 aliphatic carbocycles. The summed E-state index contributed by atoms with van der Waals surface area (Å²) in [4.78, 5) is 36.3. The van der Waals surface area contributed by atoms with Crippen LogP contribution in [0.2, 0.25) is 0 Å². The smallest absolute Gasteiger partial charge is 0.264 e. The first kappa shape index (κ1) is 49.8. The van der Waals surface area contributed by atoms with Gasteiger partial charge in [0.1, 0.15) is 23.1 Å². The lowest BCUT2D eigenvalue weighted by Crippen LogP contribution is -2.15. The van der Waals surface area contributed by atoms with Gasteiger partial charge in [-0.1, -0.05) is 66.7 Å². The average molecular weight is 957 g/mol. The van der Waals surface area contributed by atoms with Crippen LogP contribution in [0.1, 0.15) is 32.6 Å². The van der Waals surface area contributed by atoms with Crippen molar-refractivity contribution in [2.75, 3.05) is 76.0 Å². The minimum atomic E-state index is -0.172. The van der Waals surface area contributed by atoms with Gasteiger partial charge in [0.2, 0.25) is 0 Å². The molecule has 0 aliphatic heterocycles. The number of hydrogen-bond acceptors (Lipinski definition) is 9. The number of phenolic OH excluding ortho intramolecular Hbond substituents is 2. The lowest BCUT2D eigenvalue weighted by molar-refractivity contribution is 0.0963. The highest BCUT2D eigenvalue weighted by molar-refractivity contribution is 6.03. The van der Waals surface area contributed by atoms with E-state index >= 15 is 0 Å². The van der Waals surface area contributed by atoms with Crippen LogP contribution in [-0.4, -0.2) is 92.0 Å². The average Bonchev–Trinajstić information content (AvgIpc) is 4.01. The van der Waals surface area contributed by atoms with Gasteiger partial charge in [-0.05, 0) is 135 Å². The number of imidazole rings is 2. The highest BCUT2D eigenvalue weighted by Crippen LogP contribution is 2.40. The first-order valence-electron chi connectivity index (χ1n) is 23.9. The number of nitrogens with zero attached hydrogens (tertiary/aromatic N) is 7. The molecule has 3 N–H and O–H groups in total. The van der Waals surface area contributed by atoms with Crippen LogP contribution in [0.25, 0.3) is 67.8 Å². The Bertz CT molecular complexity index is 3240. The molecule has 0 saturated heterocycles. The summed E-state index contributed by atoms with van der Waals surface area (Å²) in [6.07, 6.45) is 0. The van der Waals surface area contributed by atoms with Crippen molar-refractivity contribution in [2.45, 2.75) is 27.7 Å². The minimum absolute atomic E-state index is 0.172. The third-order valence-electron chi connectivity index (χ3n) is 13.0. The Kier molecular flexibility index (Phi) is 14.4. The number of aromatic nitrogens is 4. The fourth-order valence-electron chi connectivity index (χ4n) is 8.77. The van der Waals surface area contributed by atoms with Gasteiger partial charge in [0, 0.05) is 118 Å². The van der Waals surface area contributed by atoms with Crippen LogP contribution in [0, 0.1) is 27.7 Å². The van der Waals surface area contributed by atoms with Gasteiger partial charge in [-0.25, -0.2) is 9.97 Å². The number of aromatic hydroxyl groups is 2. The second-order valence-corrected chi connectivity index (χ2v) is 19.1. The number of carbonyl (C=O) groups excluding carboxylic acids is 1. The number of nitrogens with one attached hydrogen (secondary N) is 1. The molecule has 0 bridgehead atoms. The van der Waals surface area contributed by atoms with E-state index < -0.39 is 0 Å². The summed E-state index contributed by atoms with van der Waals surface area (Å²) < 4.78 is 1.72. The number of carbonyl (C=O) groups is 1. The third-order valence-corrected chi connectivity index (χ3v) is 13.0. The van der Waals surface area contributed by atoms with E-state index in [0.717, 1.165) is 101 Å². The molecule has 2 heterocycles. The van der Waals surface area contributed by atoms with E-state index in [-0.39, 0.29) is 11.7 Å². The van der Waals surface area contributed by atoms with E-state index in [9.17, 15) is 15.0 Å². The number of hydrogen-bond donors (Lipinski definition) is 3. The number of aromatic amines is 1. The zero-order valence-corrected chi connectivity index (χ0v) is 43.4. The van der Waals surface area contributed by atoms with Crippen LogP contribution in [0.5, 0.6) is 11.5 Å². The quantitative estimate of drug-likeness (QED) is 0.116. The highest BCUT2D eigenvalue weighted by atomic mass is 16.3. The molecule has 0 spiro atoms. The van der Waals surface area contributed by atoms with Crippen molar-refractivity contribution in [1.29, 1.82) is 0 Å². The Morgan fingerprint density at radius 2 is 0.819 bits per heavy atom. The van der Waals surface area contributed by atoms with Gasteiger partial charge in [-0.2, -0.15) is 0 Å². The van der Waals surface area contributed by atoms with E-state index in [1.807, 2.05) is 180 Å². The van der Waals surface area contributed by atoms with E-state index in [4.69, 9.17) is 9.97 Å². The van der Waals surface area contributed by atoms with Gasteiger partial charge in [0.15, 0.2) is 0 Å². The monoisotopic (exact) mass is 957 g/mol. The number of rotatable bonds is 11. The molecule has 0 fully saturated rings. The van der Waals surface area contributed by atoms with Crippen molar-refractivity contribution < 1.29 is 15.0 Å². The summed E-state index contributed by atoms with van der Waals surface area (Å²) in [7, 11) is 16.2. The van der Waals surface area contributed by atoms with Gasteiger partial charge in [-0.3, -0.25) is 9.36 Å². The first-order valence-corrected chi connectivity index (χ1v) is 23.9.